The molecule has 6 aromatic carbocycles. The zero-order chi connectivity index (χ0) is 71.7. The molecule has 1 atom stereocenters. The third kappa shape index (κ3) is 31.0. The van der Waals surface area contributed by atoms with Gasteiger partial charge in [-0.15, -0.1) is 52.6 Å². The van der Waals surface area contributed by atoms with E-state index in [0.717, 1.165) is 170 Å². The van der Waals surface area contributed by atoms with Crippen molar-refractivity contribution < 1.29 is 39.8 Å². The number of aromatic hydroxyl groups is 6. The molecule has 0 radical (unpaired) electrons. The summed E-state index contributed by atoms with van der Waals surface area (Å²) in [6.45, 7) is 64.4. The number of phenolic OH excluding ortho intramolecular Hbond substituents is 6. The van der Waals surface area contributed by atoms with Gasteiger partial charge < -0.3 is 30.6 Å². The molecule has 0 aliphatic carbocycles. The molecule has 8 heteroatoms. The van der Waals surface area contributed by atoms with Gasteiger partial charge in [-0.05, 0) is 269 Å². The second-order valence-electron chi connectivity index (χ2n) is 23.5. The average Bonchev–Trinajstić information content (AvgIpc) is 1.05. The molecule has 0 aliphatic heterocycles. The summed E-state index contributed by atoms with van der Waals surface area (Å²) in [6.07, 6.45) is 24.2. The van der Waals surface area contributed by atoms with Gasteiger partial charge in [0.05, 0.1) is 0 Å². The molecule has 504 valence electrons. The van der Waals surface area contributed by atoms with E-state index in [4.69, 9.17) is 0 Å². The second-order valence-corrected chi connectivity index (χ2v) is 23.5. The summed E-state index contributed by atoms with van der Waals surface area (Å²) in [5.41, 5.74) is 20.0. The van der Waals surface area contributed by atoms with Crippen LogP contribution in [0.3, 0.4) is 0 Å². The Bertz CT molecular complexity index is 3660. The van der Waals surface area contributed by atoms with Gasteiger partial charge in [-0.25, -0.2) is 4.39 Å². The van der Waals surface area contributed by atoms with Crippen LogP contribution in [-0.4, -0.2) is 42.6 Å². The van der Waals surface area contributed by atoms with Crippen LogP contribution in [0.1, 0.15) is 164 Å². The molecule has 6 rings (SSSR count). The molecule has 0 aliphatic rings. The molecule has 0 spiro atoms. The number of phenols is 6. The van der Waals surface area contributed by atoms with Crippen molar-refractivity contribution in [1.29, 1.82) is 0 Å². The maximum absolute atomic E-state index is 13.5. The Morgan fingerprint density at radius 1 is 0.389 bits per heavy atom. The van der Waals surface area contributed by atoms with E-state index < -0.39 is 6.17 Å². The van der Waals surface area contributed by atoms with E-state index in [9.17, 15) is 39.8 Å². The molecule has 6 N–H and O–H groups in total. The molecular formula is C87H107FO7. The molecule has 95 heavy (non-hydrogen) atoms. The van der Waals surface area contributed by atoms with Crippen LogP contribution in [-0.2, 0) is 56.2 Å². The molecule has 0 heterocycles. The highest BCUT2D eigenvalue weighted by molar-refractivity contribution is 5.84. The molecule has 0 bridgehead atoms. The highest BCUT2D eigenvalue weighted by Crippen LogP contribution is 2.32. The zero-order valence-electron chi connectivity index (χ0n) is 57.9. The number of unbranched alkanes of at least 4 members (excludes halogenated alkanes) is 1. The number of rotatable bonds is 31. The van der Waals surface area contributed by atoms with Gasteiger partial charge in [0.2, 0.25) is 0 Å². The Kier molecular flexibility index (Phi) is 39.7. The van der Waals surface area contributed by atoms with Gasteiger partial charge >= 0.3 is 0 Å². The lowest BCUT2D eigenvalue weighted by molar-refractivity contribution is -0.117. The normalized spacial score (nSPS) is 10.3. The van der Waals surface area contributed by atoms with Crippen molar-refractivity contribution in [2.45, 2.75) is 144 Å². The molecule has 0 unspecified atom stereocenters. The largest absolute Gasteiger partial charge is 0.508 e. The van der Waals surface area contributed by atoms with Crippen LogP contribution in [0.2, 0.25) is 0 Å². The molecule has 0 amide bonds. The van der Waals surface area contributed by atoms with Crippen LogP contribution < -0.4 is 0 Å². The molecule has 0 saturated heterocycles. The molecule has 0 fully saturated rings. The first-order chi connectivity index (χ1) is 45.1. The monoisotopic (exact) mass is 1280 g/mol. The summed E-state index contributed by atoms with van der Waals surface area (Å²) in [4.78, 5) is 11.5. The highest BCUT2D eigenvalue weighted by Gasteiger charge is 2.14. The van der Waals surface area contributed by atoms with Gasteiger partial charge in [0.15, 0.2) is 0 Å². The summed E-state index contributed by atoms with van der Waals surface area (Å²) < 4.78 is 13.5. The predicted octanol–water partition coefficient (Wildman–Crippen LogP) is 23.0. The van der Waals surface area contributed by atoms with Crippen LogP contribution in [0, 0.1) is 0 Å². The van der Waals surface area contributed by atoms with E-state index in [1.54, 1.807) is 72.8 Å². The van der Waals surface area contributed by atoms with Gasteiger partial charge in [0.1, 0.15) is 46.5 Å². The number of ketones is 1. The van der Waals surface area contributed by atoms with Crippen molar-refractivity contribution in [2.24, 2.45) is 0 Å². The van der Waals surface area contributed by atoms with Crippen molar-refractivity contribution in [3.8, 4) is 34.5 Å². The summed E-state index contributed by atoms with van der Waals surface area (Å²) in [7, 11) is 0. The minimum absolute atomic E-state index is 0.0862. The fourth-order valence-electron chi connectivity index (χ4n) is 9.98. The first-order valence-corrected chi connectivity index (χ1v) is 32.0. The van der Waals surface area contributed by atoms with E-state index in [-0.39, 0.29) is 23.7 Å². The molecule has 6 aromatic rings. The van der Waals surface area contributed by atoms with Gasteiger partial charge in [-0.1, -0.05) is 146 Å². The van der Waals surface area contributed by atoms with Crippen LogP contribution in [0.4, 0.5) is 4.39 Å². The topological polar surface area (TPSA) is 138 Å². The lowest BCUT2D eigenvalue weighted by Crippen LogP contribution is -2.05. The lowest BCUT2D eigenvalue weighted by atomic mass is 9.94. The third-order valence-corrected chi connectivity index (χ3v) is 14.8. The van der Waals surface area contributed by atoms with Crippen molar-refractivity contribution in [3.05, 3.63) is 316 Å². The summed E-state index contributed by atoms with van der Waals surface area (Å²) in [5, 5.41) is 57.7. The third-order valence-electron chi connectivity index (χ3n) is 14.8. The van der Waals surface area contributed by atoms with Crippen LogP contribution >= 0.6 is 0 Å². The number of allylic oxidation sites excluding steroid dienone is 14. The predicted molar refractivity (Wildman–Crippen MR) is 410 cm³/mol. The maximum atomic E-state index is 13.5. The number of hydrogen-bond acceptors (Lipinski definition) is 7. The van der Waals surface area contributed by atoms with Crippen molar-refractivity contribution in [1.82, 2.24) is 0 Å². The summed E-state index contributed by atoms with van der Waals surface area (Å²) in [6, 6.07) is 28.7. The quantitative estimate of drug-likeness (QED) is 0.0188. The number of carbonyl (C=O) groups excluding carboxylic acids is 1. The van der Waals surface area contributed by atoms with E-state index in [0.29, 0.717) is 48.7 Å². The van der Waals surface area contributed by atoms with E-state index >= 15 is 0 Å². The SMILES string of the molecule is C=CCC(=O)Cc1cc(O)ccc1C(=C)C.C=CCCCc1cc(O)ccc1C(=C)C.C=CCCc1cc(C(=C)C)c(CCC=C)cc1O.C=CCCc1cc(C(=C)C)cc(CC=C)c1O.C=CC[C@@H](F)Cc1cc(O)ccc1C(=C)C.C=CCc1cc(O)ccc1C(=C)C. The fourth-order valence-corrected chi connectivity index (χ4v) is 9.98. The minimum Gasteiger partial charge on any atom is -0.508 e. The number of aryl methyl sites for hydroxylation is 4. The van der Waals surface area contributed by atoms with E-state index in [2.05, 4.69) is 98.2 Å². The number of alkyl halides is 1. The fraction of sp³-hybridized carbons (Fsp3) is 0.253. The summed E-state index contributed by atoms with van der Waals surface area (Å²) >= 11 is 0. The smallest absolute Gasteiger partial charge is 0.141 e. The van der Waals surface area contributed by atoms with Crippen LogP contribution in [0.15, 0.2) is 238 Å². The number of carbonyl (C=O) groups is 1. The van der Waals surface area contributed by atoms with Crippen LogP contribution in [0.5, 0.6) is 34.5 Å². The maximum Gasteiger partial charge on any atom is 0.141 e. The van der Waals surface area contributed by atoms with Crippen molar-refractivity contribution >= 4 is 39.2 Å². The van der Waals surface area contributed by atoms with Crippen molar-refractivity contribution in [3.63, 3.8) is 0 Å². The molecule has 0 aromatic heterocycles. The average molecular weight is 1280 g/mol. The van der Waals surface area contributed by atoms with Gasteiger partial charge in [0.25, 0.3) is 0 Å². The number of Topliss-reactive ketones (excluding diaryl/α,β-unsaturated/α-hetero) is 1. The Morgan fingerprint density at radius 3 is 1.22 bits per heavy atom. The Hall–Kier alpha value is -9.92. The molecule has 0 saturated carbocycles. The first-order valence-electron chi connectivity index (χ1n) is 32.0. The lowest BCUT2D eigenvalue weighted by Gasteiger charge is -2.13. The second kappa shape index (κ2) is 45.4. The number of benzene rings is 6. The minimum atomic E-state index is -0.961. The van der Waals surface area contributed by atoms with Gasteiger partial charge in [0, 0.05) is 19.3 Å². The standard InChI is InChI=1S/C17H22O.C16H20O.C14H17FO.C14H16O2.C14H18O.C12H14O/c1-5-7-9-14-12-17(18)15(10-8-6-2)11-16(14)13(3)4;1-5-7-9-14-11-15(12(3)4)10-13(8-6-2)16(14)17;2*1-4-5-12(15)8-11-9-13(16)6-7-14(11)10(2)3;1-4-5-6-7-12-10-13(15)8-9-14(12)11(2)3;1-4-5-10-8-11(13)6-7-12(10)9(2)3/h5-6,11-12,18H,1-3,7-10H2,4H3;5-6,10-11,17H,1-3,7-9H2,4H3;4,6-7,9,12,16H,1-2,5,8H2,3H3;4,6-7,9,16H,1-2,5,8H2,3H3;4,8-10,15H,1-2,5-7H2,3H3;4,6-8,13H,1-2,5H2,3H3/t;;12-;;;/m..1.../s1. The first kappa shape index (κ1) is 83.1. The Balaban J connectivity index is 0.000000571. The van der Waals surface area contributed by atoms with Crippen molar-refractivity contribution in [2.75, 3.05) is 0 Å². The Morgan fingerprint density at radius 2 is 0.779 bits per heavy atom. The van der Waals surface area contributed by atoms with Crippen LogP contribution in [0.25, 0.3) is 33.4 Å². The van der Waals surface area contributed by atoms with Gasteiger partial charge in [-0.2, -0.15) is 0 Å². The molecular weight excluding hydrogens is 1180 g/mol. The van der Waals surface area contributed by atoms with E-state index in [1.807, 2.05) is 108 Å². The summed E-state index contributed by atoms with van der Waals surface area (Å²) in [5.74, 6) is 1.80. The van der Waals surface area contributed by atoms with E-state index in [1.165, 1.54) is 5.56 Å². The number of halogens is 1. The van der Waals surface area contributed by atoms with Gasteiger partial charge in [-0.3, -0.25) is 4.79 Å². The zero-order valence-corrected chi connectivity index (χ0v) is 57.9. The Labute approximate surface area is 570 Å². The highest BCUT2D eigenvalue weighted by atomic mass is 19.1. The molecule has 7 nitrogen and oxygen atoms in total. The number of hydrogen-bond donors (Lipinski definition) is 6.